The predicted octanol–water partition coefficient (Wildman–Crippen LogP) is 4.27. The van der Waals surface area contributed by atoms with Crippen molar-refractivity contribution in [3.63, 3.8) is 0 Å². The lowest BCUT2D eigenvalue weighted by Gasteiger charge is -2.12. The molecule has 0 saturated carbocycles. The van der Waals surface area contributed by atoms with Gasteiger partial charge in [0, 0.05) is 29.6 Å². The number of fused-ring (bicyclic) bond motifs is 2. The van der Waals surface area contributed by atoms with Crippen LogP contribution in [0.25, 0.3) is 22.3 Å². The molecule has 0 saturated heterocycles. The van der Waals surface area contributed by atoms with Gasteiger partial charge in [0.15, 0.2) is 5.65 Å². The minimum atomic E-state index is -0.714. The summed E-state index contributed by atoms with van der Waals surface area (Å²) in [5.41, 5.74) is 4.14. The molecule has 1 aliphatic heterocycles. The van der Waals surface area contributed by atoms with Gasteiger partial charge in [-0.15, -0.1) is 0 Å². The number of hydrogen-bond acceptors (Lipinski definition) is 4. The van der Waals surface area contributed by atoms with Crippen LogP contribution in [-0.4, -0.2) is 14.5 Å². The average Bonchev–Trinajstić information content (AvgIpc) is 3.11. The van der Waals surface area contributed by atoms with Crippen molar-refractivity contribution in [1.29, 1.82) is 0 Å². The van der Waals surface area contributed by atoms with Crippen molar-refractivity contribution in [1.82, 2.24) is 14.5 Å². The fraction of sp³-hybridized carbons (Fsp3) is 0.0870. The Morgan fingerprint density at radius 1 is 1.07 bits per heavy atom. The van der Waals surface area contributed by atoms with E-state index in [0.717, 1.165) is 23.1 Å². The molecule has 0 atom stereocenters. The van der Waals surface area contributed by atoms with Crippen LogP contribution in [0.3, 0.4) is 0 Å². The number of rotatable bonds is 3. The van der Waals surface area contributed by atoms with E-state index in [1.54, 1.807) is 18.3 Å². The number of allylic oxidation sites excluding steroid dienone is 1. The molecular weight excluding hydrogens is 386 g/mol. The second-order valence-corrected chi connectivity index (χ2v) is 7.22. The van der Waals surface area contributed by atoms with Gasteiger partial charge in [0.05, 0.1) is 18.3 Å². The lowest BCUT2D eigenvalue weighted by Crippen LogP contribution is -2.22. The SMILES string of the molecule is C=C1Cc2cc(-c3cc(F)c(Cn4c(=O)cnc5ncccc54)c(F)c3)ccc2N1. The van der Waals surface area contributed by atoms with Gasteiger partial charge in [-0.1, -0.05) is 12.6 Å². The number of anilines is 1. The van der Waals surface area contributed by atoms with Crippen LogP contribution >= 0.6 is 0 Å². The fourth-order valence-electron chi connectivity index (χ4n) is 3.75. The summed E-state index contributed by atoms with van der Waals surface area (Å²) in [6.07, 6.45) is 3.33. The van der Waals surface area contributed by atoms with E-state index in [4.69, 9.17) is 0 Å². The van der Waals surface area contributed by atoms with Crippen molar-refractivity contribution in [2.75, 3.05) is 5.32 Å². The number of halogens is 2. The molecule has 0 unspecified atom stereocenters. The first-order valence-corrected chi connectivity index (χ1v) is 9.36. The first-order chi connectivity index (χ1) is 14.5. The molecular formula is C23H16F2N4O. The van der Waals surface area contributed by atoms with Gasteiger partial charge in [-0.25, -0.2) is 18.7 Å². The summed E-state index contributed by atoms with van der Waals surface area (Å²) in [4.78, 5) is 20.4. The van der Waals surface area contributed by atoms with Crippen LogP contribution in [0.4, 0.5) is 14.5 Å². The van der Waals surface area contributed by atoms with Gasteiger partial charge in [0.1, 0.15) is 11.6 Å². The van der Waals surface area contributed by atoms with E-state index in [0.29, 0.717) is 28.7 Å². The Kier molecular flexibility index (Phi) is 4.17. The van der Waals surface area contributed by atoms with Crippen molar-refractivity contribution in [2.45, 2.75) is 13.0 Å². The standard InChI is InChI=1S/C23H16F2N4O/c1-13-7-16-8-14(4-5-20(16)28-13)15-9-18(24)17(19(25)10-15)12-29-21-3-2-6-26-23(21)27-11-22(29)30/h2-6,8-11,28H,1,7,12H2. The molecule has 0 radical (unpaired) electrons. The first-order valence-electron chi connectivity index (χ1n) is 9.36. The van der Waals surface area contributed by atoms with Crippen molar-refractivity contribution >= 4 is 16.9 Å². The fourth-order valence-corrected chi connectivity index (χ4v) is 3.75. The summed E-state index contributed by atoms with van der Waals surface area (Å²) in [5, 5.41) is 3.17. The number of hydrogen-bond donors (Lipinski definition) is 1. The Balaban J connectivity index is 1.55. The van der Waals surface area contributed by atoms with Gasteiger partial charge in [0.25, 0.3) is 5.56 Å². The molecule has 3 heterocycles. The van der Waals surface area contributed by atoms with Crippen LogP contribution in [0.15, 0.2) is 71.9 Å². The van der Waals surface area contributed by atoms with Crippen LogP contribution in [0, 0.1) is 11.6 Å². The average molecular weight is 402 g/mol. The normalized spacial score (nSPS) is 12.8. The maximum Gasteiger partial charge on any atom is 0.269 e. The lowest BCUT2D eigenvalue weighted by atomic mass is 9.99. The molecule has 2 aromatic carbocycles. The molecule has 148 valence electrons. The van der Waals surface area contributed by atoms with Gasteiger partial charge < -0.3 is 5.32 Å². The van der Waals surface area contributed by atoms with E-state index in [9.17, 15) is 13.6 Å². The van der Waals surface area contributed by atoms with Gasteiger partial charge in [0.2, 0.25) is 0 Å². The van der Waals surface area contributed by atoms with Gasteiger partial charge in [-0.05, 0) is 53.1 Å². The van der Waals surface area contributed by atoms with Crippen molar-refractivity contribution in [2.24, 2.45) is 0 Å². The second kappa shape index (κ2) is 6.88. The maximum absolute atomic E-state index is 14.9. The van der Waals surface area contributed by atoms with Crippen molar-refractivity contribution in [3.8, 4) is 11.1 Å². The molecule has 0 aliphatic carbocycles. The van der Waals surface area contributed by atoms with Crippen LogP contribution in [0.1, 0.15) is 11.1 Å². The molecule has 0 fully saturated rings. The Hall–Kier alpha value is -3.87. The highest BCUT2D eigenvalue weighted by molar-refractivity contribution is 5.72. The van der Waals surface area contributed by atoms with Crippen LogP contribution < -0.4 is 10.9 Å². The van der Waals surface area contributed by atoms with Gasteiger partial charge >= 0.3 is 0 Å². The molecule has 1 aliphatic rings. The van der Waals surface area contributed by atoms with Gasteiger partial charge in [-0.2, -0.15) is 0 Å². The second-order valence-electron chi connectivity index (χ2n) is 7.22. The molecule has 0 amide bonds. The topological polar surface area (TPSA) is 59.8 Å². The quantitative estimate of drug-likeness (QED) is 0.556. The predicted molar refractivity (Wildman–Crippen MR) is 111 cm³/mol. The minimum Gasteiger partial charge on any atom is -0.359 e. The Bertz CT molecular complexity index is 1370. The van der Waals surface area contributed by atoms with Crippen LogP contribution in [0.5, 0.6) is 0 Å². The van der Waals surface area contributed by atoms with Crippen LogP contribution in [-0.2, 0) is 13.0 Å². The number of nitrogens with zero attached hydrogens (tertiary/aromatic N) is 3. The highest BCUT2D eigenvalue weighted by Gasteiger charge is 2.17. The molecule has 0 bridgehead atoms. The summed E-state index contributed by atoms with van der Waals surface area (Å²) in [7, 11) is 0. The number of pyridine rings is 1. The zero-order chi connectivity index (χ0) is 20.8. The Morgan fingerprint density at radius 2 is 1.87 bits per heavy atom. The van der Waals surface area contributed by atoms with Crippen molar-refractivity contribution in [3.05, 3.63) is 100 Å². The Labute approximate surface area is 170 Å². The van der Waals surface area contributed by atoms with Crippen LogP contribution in [0.2, 0.25) is 0 Å². The zero-order valence-electron chi connectivity index (χ0n) is 15.8. The lowest BCUT2D eigenvalue weighted by molar-refractivity contribution is 0.545. The summed E-state index contributed by atoms with van der Waals surface area (Å²) in [6.45, 7) is 3.66. The van der Waals surface area contributed by atoms with E-state index in [1.807, 2.05) is 18.2 Å². The van der Waals surface area contributed by atoms with E-state index in [-0.39, 0.29) is 12.1 Å². The van der Waals surface area contributed by atoms with E-state index >= 15 is 0 Å². The molecule has 7 heteroatoms. The van der Waals surface area contributed by atoms with Crippen molar-refractivity contribution < 1.29 is 8.78 Å². The molecule has 0 spiro atoms. The summed E-state index contributed by atoms with van der Waals surface area (Å²) in [6, 6.07) is 11.5. The Morgan fingerprint density at radius 3 is 2.67 bits per heavy atom. The maximum atomic E-state index is 14.9. The molecule has 2 aromatic heterocycles. The molecule has 5 nitrogen and oxygen atoms in total. The van der Waals surface area contributed by atoms with E-state index in [2.05, 4.69) is 21.9 Å². The monoisotopic (exact) mass is 402 g/mol. The van der Waals surface area contributed by atoms with Gasteiger partial charge in [-0.3, -0.25) is 9.36 Å². The number of aromatic nitrogens is 3. The van der Waals surface area contributed by atoms with E-state index in [1.165, 1.54) is 16.7 Å². The minimum absolute atomic E-state index is 0.187. The third kappa shape index (κ3) is 3.04. The number of nitrogens with one attached hydrogen (secondary N) is 1. The zero-order valence-corrected chi connectivity index (χ0v) is 15.8. The molecule has 5 rings (SSSR count). The summed E-state index contributed by atoms with van der Waals surface area (Å²) >= 11 is 0. The smallest absolute Gasteiger partial charge is 0.269 e. The summed E-state index contributed by atoms with van der Waals surface area (Å²) < 4.78 is 31.1. The first kappa shape index (κ1) is 18.2. The summed E-state index contributed by atoms with van der Waals surface area (Å²) in [5.74, 6) is -1.43. The highest BCUT2D eigenvalue weighted by Crippen LogP contribution is 2.33. The number of benzene rings is 2. The molecule has 30 heavy (non-hydrogen) atoms. The highest BCUT2D eigenvalue weighted by atomic mass is 19.1. The third-order valence-electron chi connectivity index (χ3n) is 5.23. The largest absolute Gasteiger partial charge is 0.359 e. The molecule has 1 N–H and O–H groups in total. The molecule has 4 aromatic rings. The third-order valence-corrected chi connectivity index (χ3v) is 5.23. The van der Waals surface area contributed by atoms with E-state index < -0.39 is 17.2 Å².